The van der Waals surface area contributed by atoms with E-state index in [0.29, 0.717) is 18.8 Å². The number of pyridine rings is 1. The van der Waals surface area contributed by atoms with Crippen LogP contribution in [0.15, 0.2) is 71.6 Å². The predicted octanol–water partition coefficient (Wildman–Crippen LogP) is 5.27. The van der Waals surface area contributed by atoms with Gasteiger partial charge in [0.25, 0.3) is 0 Å². The molecule has 0 saturated carbocycles. The van der Waals surface area contributed by atoms with Crippen LogP contribution in [-0.4, -0.2) is 36.3 Å². The minimum atomic E-state index is -0.969. The first-order valence-corrected chi connectivity index (χ1v) is 10.5. The normalized spacial score (nSPS) is 15.1. The molecule has 1 atom stereocenters. The van der Waals surface area contributed by atoms with Crippen molar-refractivity contribution in [2.75, 3.05) is 30.4 Å². The van der Waals surface area contributed by atoms with Gasteiger partial charge in [0, 0.05) is 48.5 Å². The summed E-state index contributed by atoms with van der Waals surface area (Å²) in [5.74, 6) is 0.104. The highest BCUT2D eigenvalue weighted by Gasteiger charge is 2.23. The summed E-state index contributed by atoms with van der Waals surface area (Å²) in [7, 11) is 2.03. The number of hydrogen-bond donors (Lipinski definition) is 2. The van der Waals surface area contributed by atoms with E-state index in [-0.39, 0.29) is 11.5 Å². The molecule has 0 fully saturated rings. The number of nitrogens with one attached hydrogen (secondary N) is 1. The number of furan rings is 1. The molecule has 2 aromatic carbocycles. The van der Waals surface area contributed by atoms with Gasteiger partial charge in [0.2, 0.25) is 0 Å². The Balaban J connectivity index is 1.36. The van der Waals surface area contributed by atoms with Gasteiger partial charge in [-0.1, -0.05) is 6.07 Å². The molecule has 3 heterocycles. The Hall–Kier alpha value is -4.00. The highest BCUT2D eigenvalue weighted by Crippen LogP contribution is 2.38. The van der Waals surface area contributed by atoms with E-state index in [2.05, 4.69) is 39.5 Å². The van der Waals surface area contributed by atoms with Crippen LogP contribution in [0.4, 0.5) is 17.1 Å². The van der Waals surface area contributed by atoms with Crippen molar-refractivity contribution in [3.63, 3.8) is 0 Å². The number of carboxylic acid groups (broad SMARTS) is 1. The molecule has 7 heteroatoms. The molecule has 2 aromatic heterocycles. The van der Waals surface area contributed by atoms with Crippen LogP contribution in [-0.2, 0) is 0 Å². The zero-order valence-corrected chi connectivity index (χ0v) is 17.6. The van der Waals surface area contributed by atoms with Crippen molar-refractivity contribution in [3.8, 4) is 5.75 Å². The topological polar surface area (TPSA) is 87.8 Å². The minimum Gasteiger partial charge on any atom is -0.493 e. The second-order valence-corrected chi connectivity index (χ2v) is 7.87. The van der Waals surface area contributed by atoms with Gasteiger partial charge < -0.3 is 24.5 Å². The maximum absolute atomic E-state index is 11.4. The zero-order chi connectivity index (χ0) is 22.1. The fourth-order valence-corrected chi connectivity index (χ4v) is 4.14. The summed E-state index contributed by atoms with van der Waals surface area (Å²) >= 11 is 0. The first-order chi connectivity index (χ1) is 15.6. The lowest BCUT2D eigenvalue weighted by atomic mass is 9.92. The molecule has 1 aliphatic rings. The molecule has 5 rings (SSSR count). The van der Waals surface area contributed by atoms with Gasteiger partial charge >= 0.3 is 5.97 Å². The Bertz CT molecular complexity index is 1280. The molecule has 0 saturated heterocycles. The lowest BCUT2D eigenvalue weighted by Gasteiger charge is -2.28. The van der Waals surface area contributed by atoms with Crippen molar-refractivity contribution in [2.24, 2.45) is 0 Å². The van der Waals surface area contributed by atoms with Gasteiger partial charge in [0.15, 0.2) is 0 Å². The van der Waals surface area contributed by atoms with Crippen molar-refractivity contribution in [3.05, 3.63) is 78.3 Å². The van der Waals surface area contributed by atoms with Crippen LogP contribution >= 0.6 is 0 Å². The summed E-state index contributed by atoms with van der Waals surface area (Å²) in [4.78, 5) is 17.6. The monoisotopic (exact) mass is 429 g/mol. The number of rotatable bonds is 6. The van der Waals surface area contributed by atoms with Gasteiger partial charge in [-0.2, -0.15) is 0 Å². The number of carbonyl (C=O) groups is 1. The van der Waals surface area contributed by atoms with E-state index in [1.165, 1.54) is 12.3 Å². The number of ether oxygens (including phenoxy) is 1. The fourth-order valence-electron chi connectivity index (χ4n) is 4.14. The zero-order valence-electron chi connectivity index (χ0n) is 17.6. The van der Waals surface area contributed by atoms with Crippen molar-refractivity contribution in [2.45, 2.75) is 12.3 Å². The molecular formula is C25H23N3O4. The lowest BCUT2D eigenvalue weighted by molar-refractivity contribution is 0.0697. The van der Waals surface area contributed by atoms with Crippen molar-refractivity contribution < 1.29 is 19.1 Å². The van der Waals surface area contributed by atoms with Crippen LogP contribution in [0.25, 0.3) is 11.0 Å². The minimum absolute atomic E-state index is 0.210. The Labute approximate surface area is 185 Å². The van der Waals surface area contributed by atoms with E-state index in [1.807, 2.05) is 25.2 Å². The maximum atomic E-state index is 11.4. The van der Waals surface area contributed by atoms with Crippen molar-refractivity contribution in [1.82, 2.24) is 4.98 Å². The highest BCUT2D eigenvalue weighted by molar-refractivity contribution is 5.93. The molecule has 32 heavy (non-hydrogen) atoms. The summed E-state index contributed by atoms with van der Waals surface area (Å²) < 4.78 is 11.4. The van der Waals surface area contributed by atoms with Gasteiger partial charge in [-0.3, -0.25) is 4.98 Å². The second kappa shape index (κ2) is 8.26. The molecule has 0 amide bonds. The molecule has 0 spiro atoms. The molecule has 162 valence electrons. The summed E-state index contributed by atoms with van der Waals surface area (Å²) in [5.41, 5.74) is 4.82. The van der Waals surface area contributed by atoms with Crippen LogP contribution in [0.5, 0.6) is 5.75 Å². The molecule has 0 unspecified atom stereocenters. The van der Waals surface area contributed by atoms with Gasteiger partial charge in [-0.15, -0.1) is 0 Å². The first kappa shape index (κ1) is 19.9. The van der Waals surface area contributed by atoms with Crippen molar-refractivity contribution >= 4 is 34.0 Å². The number of aromatic carboxylic acids is 1. The van der Waals surface area contributed by atoms with Gasteiger partial charge in [0.1, 0.15) is 11.3 Å². The third-order valence-corrected chi connectivity index (χ3v) is 5.96. The Morgan fingerprint density at radius 3 is 2.91 bits per heavy atom. The molecular weight excluding hydrogens is 406 g/mol. The van der Waals surface area contributed by atoms with E-state index >= 15 is 0 Å². The summed E-state index contributed by atoms with van der Waals surface area (Å²) in [6.07, 6.45) is 5.59. The first-order valence-electron chi connectivity index (χ1n) is 10.5. The van der Waals surface area contributed by atoms with Crippen LogP contribution in [0.1, 0.15) is 28.3 Å². The molecule has 0 bridgehead atoms. The molecule has 0 radical (unpaired) electrons. The van der Waals surface area contributed by atoms with Crippen LogP contribution in [0.3, 0.4) is 0 Å². The Kier molecular flexibility index (Phi) is 5.15. The molecule has 7 nitrogen and oxygen atoms in total. The van der Waals surface area contributed by atoms with E-state index in [0.717, 1.165) is 40.1 Å². The molecule has 2 N–H and O–H groups in total. The molecule has 4 aromatic rings. The fraction of sp³-hybridized carbons (Fsp3) is 0.200. The Morgan fingerprint density at radius 1 is 1.19 bits per heavy atom. The number of aromatic nitrogens is 1. The Morgan fingerprint density at radius 2 is 2.03 bits per heavy atom. The summed E-state index contributed by atoms with van der Waals surface area (Å²) in [6, 6.07) is 15.8. The van der Waals surface area contributed by atoms with Gasteiger partial charge in [0.05, 0.1) is 30.3 Å². The SMILES string of the molecule is CN(c1ccc2c(c1)OCC[C@H]2CNc1cnccc1C(=O)O)c1ccc2occc2c1. The third-order valence-electron chi connectivity index (χ3n) is 5.96. The number of carboxylic acids is 1. The average molecular weight is 429 g/mol. The van der Waals surface area contributed by atoms with E-state index in [4.69, 9.17) is 9.15 Å². The number of nitrogens with zero attached hydrogens (tertiary/aromatic N) is 2. The largest absolute Gasteiger partial charge is 0.493 e. The standard InChI is InChI=1S/C25H23N3O4/c1-28(18-3-5-23-16(12-18)7-10-31-23)19-2-4-20-17(8-11-32-24(20)13-19)14-27-22-15-26-9-6-21(22)25(29)30/h2-7,9-10,12-13,15,17,27H,8,11,14H2,1H3,(H,29,30)/t17-/m0/s1. The highest BCUT2D eigenvalue weighted by atomic mass is 16.5. The number of anilines is 3. The van der Waals surface area contributed by atoms with Crippen molar-refractivity contribution in [1.29, 1.82) is 0 Å². The van der Waals surface area contributed by atoms with Gasteiger partial charge in [-0.25, -0.2) is 4.79 Å². The summed E-state index contributed by atoms with van der Waals surface area (Å²) in [5, 5.41) is 13.7. The third kappa shape index (κ3) is 3.73. The number of benzene rings is 2. The van der Waals surface area contributed by atoms with E-state index in [1.54, 1.807) is 12.5 Å². The van der Waals surface area contributed by atoms with Crippen LogP contribution in [0.2, 0.25) is 0 Å². The second-order valence-electron chi connectivity index (χ2n) is 7.87. The molecule has 0 aliphatic carbocycles. The average Bonchev–Trinajstić information content (AvgIpc) is 3.30. The molecule has 1 aliphatic heterocycles. The lowest BCUT2D eigenvalue weighted by Crippen LogP contribution is -2.22. The van der Waals surface area contributed by atoms with E-state index < -0.39 is 5.97 Å². The number of fused-ring (bicyclic) bond motifs is 2. The van der Waals surface area contributed by atoms with Crippen LogP contribution in [0, 0.1) is 0 Å². The van der Waals surface area contributed by atoms with Gasteiger partial charge in [-0.05, 0) is 48.4 Å². The smallest absolute Gasteiger partial charge is 0.337 e. The maximum Gasteiger partial charge on any atom is 0.337 e. The number of hydrogen-bond acceptors (Lipinski definition) is 6. The predicted molar refractivity (Wildman–Crippen MR) is 123 cm³/mol. The van der Waals surface area contributed by atoms with E-state index in [9.17, 15) is 9.90 Å². The quantitative estimate of drug-likeness (QED) is 0.431. The summed E-state index contributed by atoms with van der Waals surface area (Å²) in [6.45, 7) is 1.22. The van der Waals surface area contributed by atoms with Crippen LogP contribution < -0.4 is 15.0 Å².